The van der Waals surface area contributed by atoms with E-state index in [1.807, 2.05) is 13.8 Å². The molecule has 0 atom stereocenters. The Hall–Kier alpha value is -1.23. The van der Waals surface area contributed by atoms with Crippen LogP contribution in [-0.4, -0.2) is 14.8 Å². The number of nitrogens with two attached hydrogens (primary N) is 1. The lowest BCUT2D eigenvalue weighted by molar-refractivity contribution is 0.409. The van der Waals surface area contributed by atoms with Crippen LogP contribution >= 0.6 is 12.2 Å². The lowest BCUT2D eigenvalue weighted by atomic mass is 9.89. The molecule has 1 rings (SSSR count). The van der Waals surface area contributed by atoms with E-state index < -0.39 is 0 Å². The topological polar surface area (TPSA) is 60.9 Å². The van der Waals surface area contributed by atoms with Crippen LogP contribution in [0, 0.1) is 5.41 Å². The smallest absolute Gasteiger partial charge is 0.266 e. The fourth-order valence-corrected chi connectivity index (χ4v) is 1.17. The second kappa shape index (κ2) is 4.53. The SMILES string of the molecule is CC(C)(CCn1ncccc1=O)C(N)=S. The molecule has 0 aliphatic carbocycles. The molecule has 2 N–H and O–H groups in total. The number of aromatic nitrogens is 2. The molecule has 0 aliphatic heterocycles. The summed E-state index contributed by atoms with van der Waals surface area (Å²) in [5, 5.41) is 3.96. The lowest BCUT2D eigenvalue weighted by Gasteiger charge is -2.22. The minimum Gasteiger partial charge on any atom is -0.393 e. The first-order valence-corrected chi connectivity index (χ1v) is 5.16. The third-order valence-corrected chi connectivity index (χ3v) is 2.95. The molecule has 0 amide bonds. The predicted molar refractivity (Wildman–Crippen MR) is 63.7 cm³/mol. The Morgan fingerprint density at radius 1 is 1.67 bits per heavy atom. The van der Waals surface area contributed by atoms with E-state index in [0.717, 1.165) is 0 Å². The summed E-state index contributed by atoms with van der Waals surface area (Å²) in [5.74, 6) is 0. The maximum atomic E-state index is 11.3. The van der Waals surface area contributed by atoms with E-state index >= 15 is 0 Å². The molecule has 15 heavy (non-hydrogen) atoms. The minimum absolute atomic E-state index is 0.101. The first kappa shape index (κ1) is 11.8. The molecule has 0 radical (unpaired) electrons. The van der Waals surface area contributed by atoms with Crippen LogP contribution in [0.4, 0.5) is 0 Å². The Kier molecular flexibility index (Phi) is 3.57. The lowest BCUT2D eigenvalue weighted by Crippen LogP contribution is -2.32. The first-order valence-electron chi connectivity index (χ1n) is 4.75. The van der Waals surface area contributed by atoms with Gasteiger partial charge >= 0.3 is 0 Å². The summed E-state index contributed by atoms with van der Waals surface area (Å²) in [7, 11) is 0. The van der Waals surface area contributed by atoms with Crippen molar-refractivity contribution in [3.63, 3.8) is 0 Å². The van der Waals surface area contributed by atoms with Gasteiger partial charge in [0, 0.05) is 24.2 Å². The molecular formula is C10H15N3OS. The predicted octanol–water partition coefficient (Wildman–Crippen LogP) is 0.946. The summed E-state index contributed by atoms with van der Waals surface area (Å²) in [6, 6.07) is 3.11. The van der Waals surface area contributed by atoms with Crippen molar-refractivity contribution in [3.05, 3.63) is 28.7 Å². The summed E-state index contributed by atoms with van der Waals surface area (Å²) in [6.07, 6.45) is 2.30. The summed E-state index contributed by atoms with van der Waals surface area (Å²) in [4.78, 5) is 11.8. The Balaban J connectivity index is 2.70. The summed E-state index contributed by atoms with van der Waals surface area (Å²) in [6.45, 7) is 4.45. The van der Waals surface area contributed by atoms with Crippen LogP contribution in [0.3, 0.4) is 0 Å². The Morgan fingerprint density at radius 3 is 2.87 bits per heavy atom. The number of hydrogen-bond donors (Lipinski definition) is 1. The largest absolute Gasteiger partial charge is 0.393 e. The van der Waals surface area contributed by atoms with Gasteiger partial charge in [0.2, 0.25) is 0 Å². The van der Waals surface area contributed by atoms with Gasteiger partial charge in [0.25, 0.3) is 5.56 Å². The van der Waals surface area contributed by atoms with Crippen LogP contribution in [0.25, 0.3) is 0 Å². The maximum Gasteiger partial charge on any atom is 0.266 e. The fourth-order valence-electron chi connectivity index (χ4n) is 1.06. The zero-order chi connectivity index (χ0) is 11.5. The van der Waals surface area contributed by atoms with Crippen molar-refractivity contribution in [2.45, 2.75) is 26.8 Å². The van der Waals surface area contributed by atoms with Crippen molar-refractivity contribution in [2.75, 3.05) is 0 Å². The third kappa shape index (κ3) is 3.13. The van der Waals surface area contributed by atoms with Crippen LogP contribution < -0.4 is 11.3 Å². The van der Waals surface area contributed by atoms with Gasteiger partial charge in [0.1, 0.15) is 0 Å². The van der Waals surface area contributed by atoms with Gasteiger partial charge in [-0.15, -0.1) is 0 Å². The first-order chi connectivity index (χ1) is 6.93. The highest BCUT2D eigenvalue weighted by Crippen LogP contribution is 2.20. The van der Waals surface area contributed by atoms with E-state index in [9.17, 15) is 4.79 Å². The number of rotatable bonds is 4. The standard InChI is InChI=1S/C10H15N3OS/c1-10(2,9(11)15)5-7-13-8(14)4-3-6-12-13/h3-4,6H,5,7H2,1-2H3,(H2,11,15). The van der Waals surface area contributed by atoms with Gasteiger partial charge in [0.15, 0.2) is 0 Å². The Bertz CT molecular complexity index is 411. The summed E-state index contributed by atoms with van der Waals surface area (Å²) in [5.41, 5.74) is 5.25. The van der Waals surface area contributed by atoms with Crippen molar-refractivity contribution in [1.82, 2.24) is 9.78 Å². The highest BCUT2D eigenvalue weighted by molar-refractivity contribution is 7.80. The van der Waals surface area contributed by atoms with Gasteiger partial charge in [-0.05, 0) is 12.5 Å². The summed E-state index contributed by atoms with van der Waals surface area (Å²) < 4.78 is 1.42. The quantitative estimate of drug-likeness (QED) is 0.775. The number of nitrogens with zero attached hydrogens (tertiary/aromatic N) is 2. The van der Waals surface area contributed by atoms with Crippen molar-refractivity contribution in [2.24, 2.45) is 11.1 Å². The molecule has 1 heterocycles. The van der Waals surface area contributed by atoms with Gasteiger partial charge in [-0.25, -0.2) is 4.68 Å². The van der Waals surface area contributed by atoms with Gasteiger partial charge in [-0.1, -0.05) is 26.1 Å². The molecule has 0 fully saturated rings. The fraction of sp³-hybridized carbons (Fsp3) is 0.500. The van der Waals surface area contributed by atoms with Crippen LogP contribution in [0.1, 0.15) is 20.3 Å². The number of hydrogen-bond acceptors (Lipinski definition) is 3. The van der Waals surface area contributed by atoms with Gasteiger partial charge in [-0.3, -0.25) is 4.79 Å². The second-order valence-electron chi connectivity index (χ2n) is 4.08. The van der Waals surface area contributed by atoms with Crippen molar-refractivity contribution >= 4 is 17.2 Å². The molecule has 0 bridgehead atoms. The molecule has 1 aromatic rings. The average molecular weight is 225 g/mol. The normalized spacial score (nSPS) is 11.3. The van der Waals surface area contributed by atoms with E-state index in [0.29, 0.717) is 18.0 Å². The van der Waals surface area contributed by atoms with E-state index in [4.69, 9.17) is 18.0 Å². The van der Waals surface area contributed by atoms with Crippen molar-refractivity contribution < 1.29 is 0 Å². The third-order valence-electron chi connectivity index (χ3n) is 2.40. The molecule has 1 aromatic heterocycles. The van der Waals surface area contributed by atoms with Crippen LogP contribution in [0.15, 0.2) is 23.1 Å². The van der Waals surface area contributed by atoms with E-state index in [-0.39, 0.29) is 11.0 Å². The molecule has 0 aromatic carbocycles. The van der Waals surface area contributed by atoms with Gasteiger partial charge in [0.05, 0.1) is 4.99 Å². The molecule has 4 nitrogen and oxygen atoms in total. The Labute approximate surface area is 94.1 Å². The van der Waals surface area contributed by atoms with Gasteiger partial charge in [-0.2, -0.15) is 5.10 Å². The molecule has 0 unspecified atom stereocenters. The van der Waals surface area contributed by atoms with Gasteiger partial charge < -0.3 is 5.73 Å². The van der Waals surface area contributed by atoms with Crippen LogP contribution in [0.2, 0.25) is 0 Å². The monoisotopic (exact) mass is 225 g/mol. The summed E-state index contributed by atoms with van der Waals surface area (Å²) >= 11 is 4.95. The van der Waals surface area contributed by atoms with E-state index in [2.05, 4.69) is 5.10 Å². The highest BCUT2D eigenvalue weighted by atomic mass is 32.1. The van der Waals surface area contributed by atoms with Crippen molar-refractivity contribution in [3.8, 4) is 0 Å². The average Bonchev–Trinajstić information content (AvgIpc) is 2.16. The van der Waals surface area contributed by atoms with E-state index in [1.54, 1.807) is 12.3 Å². The second-order valence-corrected chi connectivity index (χ2v) is 4.52. The zero-order valence-electron chi connectivity index (χ0n) is 8.93. The Morgan fingerprint density at radius 2 is 2.33 bits per heavy atom. The number of aryl methyl sites for hydroxylation is 1. The van der Waals surface area contributed by atoms with Crippen LogP contribution in [-0.2, 0) is 6.54 Å². The zero-order valence-corrected chi connectivity index (χ0v) is 9.75. The molecule has 0 saturated heterocycles. The van der Waals surface area contributed by atoms with E-state index in [1.165, 1.54) is 10.7 Å². The highest BCUT2D eigenvalue weighted by Gasteiger charge is 2.21. The maximum absolute atomic E-state index is 11.3. The molecule has 0 aliphatic rings. The van der Waals surface area contributed by atoms with Crippen molar-refractivity contribution in [1.29, 1.82) is 0 Å². The molecular weight excluding hydrogens is 210 g/mol. The molecule has 5 heteroatoms. The molecule has 0 spiro atoms. The minimum atomic E-state index is -0.244. The van der Waals surface area contributed by atoms with Crippen LogP contribution in [0.5, 0.6) is 0 Å². The molecule has 0 saturated carbocycles. The molecule has 82 valence electrons. The number of thiocarbonyl (C=S) groups is 1.